The van der Waals surface area contributed by atoms with Crippen LogP contribution < -0.4 is 4.90 Å². The number of piperazine rings is 1. The Morgan fingerprint density at radius 3 is 2.63 bits per heavy atom. The number of nitrogens with zero attached hydrogens (tertiary/aromatic N) is 3. The number of aromatic nitrogens is 1. The predicted molar refractivity (Wildman–Crippen MR) is 125 cm³/mol. The third kappa shape index (κ3) is 3.65. The summed E-state index contributed by atoms with van der Waals surface area (Å²) in [6.45, 7) is 5.35. The number of aryl methyl sites for hydroxylation is 1. The summed E-state index contributed by atoms with van der Waals surface area (Å²) >= 11 is 1.76. The van der Waals surface area contributed by atoms with Crippen molar-refractivity contribution in [2.45, 2.75) is 19.8 Å². The highest BCUT2D eigenvalue weighted by atomic mass is 32.1. The van der Waals surface area contributed by atoms with Gasteiger partial charge in [-0.15, -0.1) is 0 Å². The van der Waals surface area contributed by atoms with E-state index in [-0.39, 0.29) is 5.91 Å². The highest BCUT2D eigenvalue weighted by Gasteiger charge is 2.23. The van der Waals surface area contributed by atoms with Crippen LogP contribution in [-0.4, -0.2) is 42.0 Å². The molecule has 3 aromatic carbocycles. The molecular weight excluding hydrogens is 390 g/mol. The van der Waals surface area contributed by atoms with E-state index in [1.165, 1.54) is 21.0 Å². The molecule has 0 unspecified atom stereocenters. The normalized spacial score (nSPS) is 14.6. The molecule has 0 atom stereocenters. The van der Waals surface area contributed by atoms with Gasteiger partial charge in [0, 0.05) is 26.2 Å². The van der Waals surface area contributed by atoms with E-state index < -0.39 is 0 Å². The Morgan fingerprint density at radius 2 is 1.80 bits per heavy atom. The molecule has 152 valence electrons. The first kappa shape index (κ1) is 19.1. The number of rotatable bonds is 4. The second-order valence-corrected chi connectivity index (χ2v) is 8.84. The standard InChI is InChI=1S/C25H25N3OS/c1-2-18-10-11-22-23(16-18)30-25(26-22)28-14-12-27(13-15-28)24(29)17-20-8-5-7-19-6-3-4-9-21(19)20/h3-11,16H,2,12-15,17H2,1H3. The van der Waals surface area contributed by atoms with E-state index in [9.17, 15) is 4.79 Å². The Kier molecular flexibility index (Phi) is 5.13. The molecule has 1 aromatic heterocycles. The zero-order valence-electron chi connectivity index (χ0n) is 17.2. The number of carbonyl (C=O) groups excluding carboxylic acids is 1. The molecule has 5 rings (SSSR count). The number of hydrogen-bond donors (Lipinski definition) is 0. The zero-order valence-corrected chi connectivity index (χ0v) is 18.0. The molecule has 0 radical (unpaired) electrons. The lowest BCUT2D eigenvalue weighted by Gasteiger charge is -2.34. The van der Waals surface area contributed by atoms with Crippen LogP contribution in [0.2, 0.25) is 0 Å². The maximum absolute atomic E-state index is 13.0. The first-order valence-electron chi connectivity index (χ1n) is 10.6. The highest BCUT2D eigenvalue weighted by molar-refractivity contribution is 7.22. The van der Waals surface area contributed by atoms with Crippen LogP contribution in [0.15, 0.2) is 60.7 Å². The summed E-state index contributed by atoms with van der Waals surface area (Å²) in [6, 6.07) is 21.0. The third-order valence-corrected chi connectivity index (χ3v) is 7.05. The second kappa shape index (κ2) is 8.07. The lowest BCUT2D eigenvalue weighted by atomic mass is 10.0. The maximum Gasteiger partial charge on any atom is 0.227 e. The number of fused-ring (bicyclic) bond motifs is 2. The summed E-state index contributed by atoms with van der Waals surface area (Å²) in [5, 5.41) is 3.43. The first-order valence-corrected chi connectivity index (χ1v) is 11.4. The van der Waals surface area contributed by atoms with Gasteiger partial charge in [0.05, 0.1) is 16.6 Å². The molecule has 1 fully saturated rings. The molecule has 0 saturated carbocycles. The van der Waals surface area contributed by atoms with Crippen LogP contribution in [0.1, 0.15) is 18.1 Å². The lowest BCUT2D eigenvalue weighted by Crippen LogP contribution is -2.49. The van der Waals surface area contributed by atoms with Crippen molar-refractivity contribution in [2.75, 3.05) is 31.1 Å². The summed E-state index contributed by atoms with van der Waals surface area (Å²) < 4.78 is 1.25. The predicted octanol–water partition coefficient (Wildman–Crippen LogP) is 4.90. The Bertz CT molecular complexity index is 1200. The first-order chi connectivity index (χ1) is 14.7. The van der Waals surface area contributed by atoms with Crippen molar-refractivity contribution >= 4 is 43.4 Å². The second-order valence-electron chi connectivity index (χ2n) is 7.83. The van der Waals surface area contributed by atoms with Crippen LogP contribution in [0.5, 0.6) is 0 Å². The monoisotopic (exact) mass is 415 g/mol. The third-order valence-electron chi connectivity index (χ3n) is 5.97. The van der Waals surface area contributed by atoms with Gasteiger partial charge in [-0.2, -0.15) is 0 Å². The average molecular weight is 416 g/mol. The van der Waals surface area contributed by atoms with Crippen molar-refractivity contribution in [2.24, 2.45) is 0 Å². The van der Waals surface area contributed by atoms with E-state index in [0.29, 0.717) is 6.42 Å². The smallest absolute Gasteiger partial charge is 0.227 e. The molecule has 0 bridgehead atoms. The van der Waals surface area contributed by atoms with Gasteiger partial charge >= 0.3 is 0 Å². The number of anilines is 1. The Hall–Kier alpha value is -2.92. The van der Waals surface area contributed by atoms with Gasteiger partial charge < -0.3 is 9.80 Å². The molecule has 1 amide bonds. The molecular formula is C25H25N3OS. The number of hydrogen-bond acceptors (Lipinski definition) is 4. The van der Waals surface area contributed by atoms with Crippen molar-refractivity contribution in [3.63, 3.8) is 0 Å². The minimum absolute atomic E-state index is 0.211. The summed E-state index contributed by atoms with van der Waals surface area (Å²) in [6.07, 6.45) is 1.50. The van der Waals surface area contributed by atoms with E-state index in [1.54, 1.807) is 11.3 Å². The van der Waals surface area contributed by atoms with Crippen LogP contribution in [0.3, 0.4) is 0 Å². The van der Waals surface area contributed by atoms with E-state index >= 15 is 0 Å². The van der Waals surface area contributed by atoms with E-state index in [1.807, 2.05) is 23.1 Å². The summed E-state index contributed by atoms with van der Waals surface area (Å²) in [7, 11) is 0. The Balaban J connectivity index is 1.26. The minimum atomic E-state index is 0.211. The van der Waals surface area contributed by atoms with Crippen LogP contribution in [-0.2, 0) is 17.6 Å². The van der Waals surface area contributed by atoms with Gasteiger partial charge in [-0.25, -0.2) is 4.98 Å². The van der Waals surface area contributed by atoms with Crippen molar-refractivity contribution in [3.8, 4) is 0 Å². The molecule has 0 N–H and O–H groups in total. The molecule has 1 aliphatic rings. The molecule has 1 aliphatic heterocycles. The molecule has 0 aliphatic carbocycles. The fraction of sp³-hybridized carbons (Fsp3) is 0.280. The largest absolute Gasteiger partial charge is 0.345 e. The average Bonchev–Trinajstić information content (AvgIpc) is 3.23. The highest BCUT2D eigenvalue weighted by Crippen LogP contribution is 2.30. The van der Waals surface area contributed by atoms with Gasteiger partial charge in [0.25, 0.3) is 0 Å². The van der Waals surface area contributed by atoms with Crippen molar-refractivity contribution < 1.29 is 4.79 Å². The van der Waals surface area contributed by atoms with Crippen molar-refractivity contribution in [3.05, 3.63) is 71.8 Å². The van der Waals surface area contributed by atoms with E-state index in [0.717, 1.165) is 48.8 Å². The minimum Gasteiger partial charge on any atom is -0.345 e. The van der Waals surface area contributed by atoms with Gasteiger partial charge in [0.2, 0.25) is 5.91 Å². The number of benzene rings is 3. The maximum atomic E-state index is 13.0. The molecule has 1 saturated heterocycles. The van der Waals surface area contributed by atoms with Gasteiger partial charge in [-0.1, -0.05) is 66.8 Å². The number of carbonyl (C=O) groups is 1. The van der Waals surface area contributed by atoms with Gasteiger partial charge in [-0.05, 0) is 40.5 Å². The molecule has 2 heterocycles. The molecule has 5 heteroatoms. The molecule has 30 heavy (non-hydrogen) atoms. The van der Waals surface area contributed by atoms with E-state index in [4.69, 9.17) is 4.98 Å². The molecule has 4 aromatic rings. The molecule has 4 nitrogen and oxygen atoms in total. The Labute approximate surface area is 180 Å². The summed E-state index contributed by atoms with van der Waals surface area (Å²) in [4.78, 5) is 22.1. The zero-order chi connectivity index (χ0) is 20.5. The van der Waals surface area contributed by atoms with Crippen LogP contribution in [0, 0.1) is 0 Å². The topological polar surface area (TPSA) is 36.4 Å². The fourth-order valence-corrected chi connectivity index (χ4v) is 5.26. The fourth-order valence-electron chi connectivity index (χ4n) is 4.18. The lowest BCUT2D eigenvalue weighted by molar-refractivity contribution is -0.130. The quantitative estimate of drug-likeness (QED) is 0.475. The van der Waals surface area contributed by atoms with E-state index in [2.05, 4.69) is 54.3 Å². The van der Waals surface area contributed by atoms with Crippen molar-refractivity contribution in [1.29, 1.82) is 0 Å². The number of amides is 1. The SMILES string of the molecule is CCc1ccc2nc(N3CCN(C(=O)Cc4cccc5ccccc45)CC3)sc2c1. The molecule has 0 spiro atoms. The van der Waals surface area contributed by atoms with Crippen LogP contribution in [0.25, 0.3) is 21.0 Å². The van der Waals surface area contributed by atoms with Crippen LogP contribution in [0.4, 0.5) is 5.13 Å². The number of thiazole rings is 1. The van der Waals surface area contributed by atoms with Crippen molar-refractivity contribution in [1.82, 2.24) is 9.88 Å². The summed E-state index contributed by atoms with van der Waals surface area (Å²) in [5.74, 6) is 0.211. The Morgan fingerprint density at radius 1 is 1.00 bits per heavy atom. The van der Waals surface area contributed by atoms with Crippen LogP contribution >= 0.6 is 11.3 Å². The summed E-state index contributed by atoms with van der Waals surface area (Å²) in [5.41, 5.74) is 3.53. The van der Waals surface area contributed by atoms with Gasteiger partial charge in [0.1, 0.15) is 0 Å². The van der Waals surface area contributed by atoms with Gasteiger partial charge in [0.15, 0.2) is 5.13 Å². The van der Waals surface area contributed by atoms with Gasteiger partial charge in [-0.3, -0.25) is 4.79 Å².